The summed E-state index contributed by atoms with van der Waals surface area (Å²) in [6, 6.07) is 18.0. The van der Waals surface area contributed by atoms with Crippen molar-refractivity contribution in [1.82, 2.24) is 19.1 Å². The molecule has 0 fully saturated rings. The average molecular weight is 449 g/mol. The Morgan fingerprint density at radius 1 is 0.765 bits per heavy atom. The first-order chi connectivity index (χ1) is 16.3. The summed E-state index contributed by atoms with van der Waals surface area (Å²) in [4.78, 5) is 9.03. The molecule has 3 aromatic carbocycles. The van der Waals surface area contributed by atoms with E-state index in [2.05, 4.69) is 104 Å². The van der Waals surface area contributed by atoms with Gasteiger partial charge in [0.25, 0.3) is 0 Å². The fourth-order valence-electron chi connectivity index (χ4n) is 4.79. The van der Waals surface area contributed by atoms with Gasteiger partial charge in [-0.25, -0.2) is 9.97 Å². The topological polar surface area (TPSA) is 35.6 Å². The maximum Gasteiger partial charge on any atom is 0.100 e. The first-order valence-corrected chi connectivity index (χ1v) is 12.0. The average Bonchev–Trinajstić information content (AvgIpc) is 3.49. The molecule has 34 heavy (non-hydrogen) atoms. The van der Waals surface area contributed by atoms with Crippen molar-refractivity contribution in [2.75, 3.05) is 0 Å². The third-order valence-corrected chi connectivity index (χ3v) is 6.81. The highest BCUT2D eigenvalue weighted by molar-refractivity contribution is 5.81. The van der Waals surface area contributed by atoms with Gasteiger partial charge in [0.2, 0.25) is 0 Å². The van der Waals surface area contributed by atoms with Gasteiger partial charge in [-0.1, -0.05) is 45.9 Å². The molecule has 0 spiro atoms. The summed E-state index contributed by atoms with van der Waals surface area (Å²) in [5, 5.41) is 0. The van der Waals surface area contributed by atoms with Crippen molar-refractivity contribution < 1.29 is 0 Å². The molecule has 0 unspecified atom stereocenters. The predicted molar refractivity (Wildman–Crippen MR) is 141 cm³/mol. The molecule has 0 amide bonds. The van der Waals surface area contributed by atoms with Crippen molar-refractivity contribution in [2.24, 2.45) is 0 Å². The Morgan fingerprint density at radius 3 is 2.09 bits per heavy atom. The number of nitrogens with zero attached hydrogens (tertiary/aromatic N) is 4. The molecular weight excluding hydrogens is 416 g/mol. The van der Waals surface area contributed by atoms with Crippen LogP contribution in [0.15, 0.2) is 73.6 Å². The number of aryl methyl sites for hydroxylation is 2. The van der Waals surface area contributed by atoms with Crippen LogP contribution in [-0.2, 0) is 0 Å². The molecule has 0 aliphatic rings. The first kappa shape index (κ1) is 22.1. The molecule has 0 radical (unpaired) electrons. The van der Waals surface area contributed by atoms with Crippen LogP contribution in [0.4, 0.5) is 0 Å². The number of aromatic nitrogens is 4. The van der Waals surface area contributed by atoms with Gasteiger partial charge in [-0.05, 0) is 89.4 Å². The summed E-state index contributed by atoms with van der Waals surface area (Å²) >= 11 is 0. The molecule has 0 saturated carbocycles. The van der Waals surface area contributed by atoms with Crippen LogP contribution in [0.5, 0.6) is 0 Å². The number of imidazole rings is 2. The maximum atomic E-state index is 4.73. The van der Waals surface area contributed by atoms with Crippen LogP contribution >= 0.6 is 0 Å². The van der Waals surface area contributed by atoms with Crippen molar-refractivity contribution in [2.45, 2.75) is 53.4 Å². The van der Waals surface area contributed by atoms with Crippen LogP contribution in [0.2, 0.25) is 0 Å². The molecule has 0 bridgehead atoms. The Kier molecular flexibility index (Phi) is 5.60. The molecule has 0 atom stereocenters. The Balaban J connectivity index is 1.82. The van der Waals surface area contributed by atoms with E-state index in [1.807, 2.05) is 25.0 Å². The van der Waals surface area contributed by atoms with Gasteiger partial charge in [0.1, 0.15) is 6.33 Å². The number of fused-ring (bicyclic) bond motifs is 1. The van der Waals surface area contributed by atoms with Crippen LogP contribution < -0.4 is 0 Å². The minimum absolute atomic E-state index is 0.425. The van der Waals surface area contributed by atoms with E-state index in [9.17, 15) is 0 Å². The summed E-state index contributed by atoms with van der Waals surface area (Å²) in [6.45, 7) is 13.4. The number of hydrogen-bond donors (Lipinski definition) is 0. The second-order valence-corrected chi connectivity index (χ2v) is 9.87. The zero-order chi connectivity index (χ0) is 24.0. The van der Waals surface area contributed by atoms with Crippen LogP contribution in [0.3, 0.4) is 0 Å². The lowest BCUT2D eigenvalue weighted by molar-refractivity contribution is 0.838. The van der Waals surface area contributed by atoms with Gasteiger partial charge >= 0.3 is 0 Å². The van der Waals surface area contributed by atoms with Gasteiger partial charge in [0.05, 0.1) is 17.4 Å². The fourth-order valence-corrected chi connectivity index (χ4v) is 4.79. The van der Waals surface area contributed by atoms with E-state index in [4.69, 9.17) is 4.98 Å². The standard InChI is InChI=1S/C30H32N4/c1-19(2)26-8-7-9-27(20(3)4)30(26)23-14-24(33-11-10-31-17-33)16-25(15-23)34-18-32-28-12-21(5)22(6)13-29(28)34/h7-20H,1-6H3. The highest BCUT2D eigenvalue weighted by Gasteiger charge is 2.18. The maximum absolute atomic E-state index is 4.73. The van der Waals surface area contributed by atoms with E-state index in [0.29, 0.717) is 11.8 Å². The summed E-state index contributed by atoms with van der Waals surface area (Å²) in [7, 11) is 0. The summed E-state index contributed by atoms with van der Waals surface area (Å²) in [5.41, 5.74) is 12.2. The molecule has 0 aliphatic carbocycles. The molecule has 2 heterocycles. The van der Waals surface area contributed by atoms with E-state index in [0.717, 1.165) is 22.4 Å². The van der Waals surface area contributed by atoms with Gasteiger partial charge < -0.3 is 4.57 Å². The Morgan fingerprint density at radius 2 is 1.44 bits per heavy atom. The first-order valence-electron chi connectivity index (χ1n) is 12.0. The number of benzene rings is 3. The van der Waals surface area contributed by atoms with E-state index in [1.54, 1.807) is 0 Å². The molecule has 172 valence electrons. The lowest BCUT2D eigenvalue weighted by atomic mass is 9.85. The summed E-state index contributed by atoms with van der Waals surface area (Å²) in [5.74, 6) is 0.850. The monoisotopic (exact) mass is 448 g/mol. The largest absolute Gasteiger partial charge is 0.306 e. The van der Waals surface area contributed by atoms with Crippen LogP contribution in [0.1, 0.15) is 61.8 Å². The smallest absolute Gasteiger partial charge is 0.100 e. The minimum atomic E-state index is 0.425. The van der Waals surface area contributed by atoms with E-state index >= 15 is 0 Å². The van der Waals surface area contributed by atoms with E-state index in [-0.39, 0.29) is 0 Å². The lowest BCUT2D eigenvalue weighted by Crippen LogP contribution is -2.03. The third-order valence-electron chi connectivity index (χ3n) is 6.81. The SMILES string of the molecule is Cc1cc2ncn(-c3cc(-c4c(C(C)C)cccc4C(C)C)cc(-n4ccnc4)c3)c2cc1C. The molecule has 4 nitrogen and oxygen atoms in total. The number of hydrogen-bond acceptors (Lipinski definition) is 2. The highest BCUT2D eigenvalue weighted by atomic mass is 15.1. The molecule has 0 N–H and O–H groups in total. The van der Waals surface area contributed by atoms with Crippen molar-refractivity contribution in [3.63, 3.8) is 0 Å². The number of rotatable bonds is 5. The van der Waals surface area contributed by atoms with Gasteiger partial charge in [-0.15, -0.1) is 0 Å². The Hall–Kier alpha value is -3.66. The molecule has 2 aromatic heterocycles. The van der Waals surface area contributed by atoms with E-state index < -0.39 is 0 Å². The summed E-state index contributed by atoms with van der Waals surface area (Å²) < 4.78 is 4.29. The van der Waals surface area contributed by atoms with Gasteiger partial charge in [-0.2, -0.15) is 0 Å². The van der Waals surface area contributed by atoms with Crippen LogP contribution in [0.25, 0.3) is 33.5 Å². The predicted octanol–water partition coefficient (Wildman–Crippen LogP) is 7.74. The molecule has 5 aromatic rings. The van der Waals surface area contributed by atoms with Crippen LogP contribution in [-0.4, -0.2) is 19.1 Å². The third kappa shape index (κ3) is 3.83. The van der Waals surface area contributed by atoms with Gasteiger partial charge in [0, 0.05) is 23.8 Å². The zero-order valence-corrected chi connectivity index (χ0v) is 20.9. The Labute approximate surface area is 201 Å². The molecule has 0 saturated heterocycles. The van der Waals surface area contributed by atoms with Gasteiger partial charge in [-0.3, -0.25) is 4.57 Å². The fraction of sp³-hybridized carbons (Fsp3) is 0.267. The van der Waals surface area contributed by atoms with Gasteiger partial charge in [0.15, 0.2) is 0 Å². The second-order valence-electron chi connectivity index (χ2n) is 9.87. The molecular formula is C30H32N4. The minimum Gasteiger partial charge on any atom is -0.306 e. The normalized spacial score (nSPS) is 11.8. The van der Waals surface area contributed by atoms with Crippen molar-refractivity contribution in [3.05, 3.63) is 95.8 Å². The zero-order valence-electron chi connectivity index (χ0n) is 20.9. The lowest BCUT2D eigenvalue weighted by Gasteiger charge is -2.21. The van der Waals surface area contributed by atoms with E-state index in [1.165, 1.54) is 33.4 Å². The van der Waals surface area contributed by atoms with Crippen LogP contribution in [0, 0.1) is 13.8 Å². The highest BCUT2D eigenvalue weighted by Crippen LogP contribution is 2.38. The molecule has 5 rings (SSSR count). The van der Waals surface area contributed by atoms with Crippen molar-refractivity contribution in [1.29, 1.82) is 0 Å². The quantitative estimate of drug-likeness (QED) is 0.276. The van der Waals surface area contributed by atoms with Crippen molar-refractivity contribution >= 4 is 11.0 Å². The molecule has 4 heteroatoms. The Bertz CT molecular complexity index is 1440. The summed E-state index contributed by atoms with van der Waals surface area (Å²) in [6.07, 6.45) is 7.63. The molecule has 0 aliphatic heterocycles. The van der Waals surface area contributed by atoms with Crippen molar-refractivity contribution in [3.8, 4) is 22.5 Å². The second kappa shape index (κ2) is 8.60.